The molecule has 0 bridgehead atoms. The molecule has 0 aromatic heterocycles. The third-order valence-corrected chi connectivity index (χ3v) is 4.26. The van der Waals surface area contributed by atoms with Crippen molar-refractivity contribution in [1.29, 1.82) is 0 Å². The zero-order valence-electron chi connectivity index (χ0n) is 13.1. The fraction of sp³-hybridized carbons (Fsp3) is 0.933. The van der Waals surface area contributed by atoms with Gasteiger partial charge in [-0.25, -0.2) is 0 Å². The summed E-state index contributed by atoms with van der Waals surface area (Å²) >= 11 is 1.88. The Bertz CT molecular complexity index is 256. The molecule has 0 unspecified atom stereocenters. The summed E-state index contributed by atoms with van der Waals surface area (Å²) in [6.07, 6.45) is 11.5. The third-order valence-electron chi connectivity index (χ3n) is 3.56. The second-order valence-corrected chi connectivity index (χ2v) is 6.24. The first-order valence-corrected chi connectivity index (χ1v) is 9.31. The van der Waals surface area contributed by atoms with E-state index in [4.69, 9.17) is 4.74 Å². The molecule has 0 saturated heterocycles. The molecule has 20 heavy (non-hydrogen) atoms. The highest BCUT2D eigenvalue weighted by Gasteiger charge is 2.12. The van der Waals surface area contributed by atoms with E-state index in [1.807, 2.05) is 18.8 Å². The lowest BCUT2D eigenvalue weighted by molar-refractivity contribution is 0.0277. The zero-order chi connectivity index (χ0) is 14.5. The highest BCUT2D eigenvalue weighted by atomic mass is 32.2. The zero-order valence-corrected chi connectivity index (χ0v) is 13.9. The topological polar surface area (TPSA) is 45.7 Å². The average Bonchev–Trinajstić information content (AvgIpc) is 2.50. The SMILES string of the molecule is CN=C(NCCCOC1CCCCC1)NCCCSC. The van der Waals surface area contributed by atoms with Gasteiger partial charge in [0, 0.05) is 26.7 Å². The minimum atomic E-state index is 0.521. The molecule has 118 valence electrons. The van der Waals surface area contributed by atoms with Gasteiger partial charge in [-0.2, -0.15) is 11.8 Å². The van der Waals surface area contributed by atoms with Crippen LogP contribution in [0.1, 0.15) is 44.9 Å². The summed E-state index contributed by atoms with van der Waals surface area (Å²) in [5, 5.41) is 6.67. The first kappa shape index (κ1) is 17.6. The van der Waals surface area contributed by atoms with E-state index in [-0.39, 0.29) is 0 Å². The van der Waals surface area contributed by atoms with Crippen LogP contribution in [0.25, 0.3) is 0 Å². The van der Waals surface area contributed by atoms with Gasteiger partial charge < -0.3 is 15.4 Å². The van der Waals surface area contributed by atoms with Gasteiger partial charge in [0.25, 0.3) is 0 Å². The van der Waals surface area contributed by atoms with Crippen LogP contribution in [0.2, 0.25) is 0 Å². The summed E-state index contributed by atoms with van der Waals surface area (Å²) in [7, 11) is 1.82. The summed E-state index contributed by atoms with van der Waals surface area (Å²) < 4.78 is 5.91. The molecule has 1 aliphatic rings. The number of ether oxygens (including phenoxy) is 1. The number of hydrogen-bond acceptors (Lipinski definition) is 3. The number of thioether (sulfide) groups is 1. The van der Waals surface area contributed by atoms with Crippen LogP contribution in [0, 0.1) is 0 Å². The minimum absolute atomic E-state index is 0.521. The van der Waals surface area contributed by atoms with Crippen molar-refractivity contribution >= 4 is 17.7 Å². The molecule has 4 nitrogen and oxygen atoms in total. The molecule has 2 N–H and O–H groups in total. The van der Waals surface area contributed by atoms with Crippen molar-refractivity contribution in [3.8, 4) is 0 Å². The van der Waals surface area contributed by atoms with Crippen molar-refractivity contribution in [2.75, 3.05) is 38.8 Å². The molecule has 0 spiro atoms. The van der Waals surface area contributed by atoms with Crippen molar-refractivity contribution < 1.29 is 4.74 Å². The van der Waals surface area contributed by atoms with Crippen molar-refractivity contribution in [2.45, 2.75) is 51.0 Å². The molecule has 0 radical (unpaired) electrons. The maximum Gasteiger partial charge on any atom is 0.190 e. The van der Waals surface area contributed by atoms with Crippen LogP contribution in [0.3, 0.4) is 0 Å². The number of nitrogens with zero attached hydrogens (tertiary/aromatic N) is 1. The fourth-order valence-electron chi connectivity index (χ4n) is 2.40. The van der Waals surface area contributed by atoms with Gasteiger partial charge in [-0.15, -0.1) is 0 Å². The first-order valence-electron chi connectivity index (χ1n) is 7.92. The lowest BCUT2D eigenvalue weighted by atomic mass is 9.98. The van der Waals surface area contributed by atoms with Crippen LogP contribution < -0.4 is 10.6 Å². The molecular formula is C15H31N3OS. The van der Waals surface area contributed by atoms with Crippen molar-refractivity contribution in [1.82, 2.24) is 10.6 Å². The van der Waals surface area contributed by atoms with Crippen LogP contribution in [-0.4, -0.2) is 50.8 Å². The largest absolute Gasteiger partial charge is 0.378 e. The number of guanidine groups is 1. The van der Waals surface area contributed by atoms with Crippen LogP contribution in [0.15, 0.2) is 4.99 Å². The fourth-order valence-corrected chi connectivity index (χ4v) is 2.84. The Morgan fingerprint density at radius 1 is 1.15 bits per heavy atom. The van der Waals surface area contributed by atoms with Gasteiger partial charge in [0.05, 0.1) is 6.10 Å². The number of nitrogens with one attached hydrogen (secondary N) is 2. The Kier molecular flexibility index (Phi) is 10.9. The Balaban J connectivity index is 1.95. The van der Waals surface area contributed by atoms with Crippen molar-refractivity contribution in [2.24, 2.45) is 4.99 Å². The van der Waals surface area contributed by atoms with Crippen LogP contribution in [-0.2, 0) is 4.74 Å². The predicted molar refractivity (Wildman–Crippen MR) is 89.8 cm³/mol. The molecule has 1 fully saturated rings. The maximum atomic E-state index is 5.91. The Morgan fingerprint density at radius 3 is 2.50 bits per heavy atom. The molecular weight excluding hydrogens is 270 g/mol. The third kappa shape index (κ3) is 8.69. The first-order chi connectivity index (χ1) is 9.86. The van der Waals surface area contributed by atoms with E-state index in [1.165, 1.54) is 44.3 Å². The average molecular weight is 301 g/mol. The van der Waals surface area contributed by atoms with Gasteiger partial charge in [0.15, 0.2) is 5.96 Å². The van der Waals surface area contributed by atoms with Gasteiger partial charge in [0.1, 0.15) is 0 Å². The Hall–Kier alpha value is -0.420. The highest BCUT2D eigenvalue weighted by Crippen LogP contribution is 2.20. The van der Waals surface area contributed by atoms with Crippen molar-refractivity contribution in [3.63, 3.8) is 0 Å². The van der Waals surface area contributed by atoms with E-state index in [0.29, 0.717) is 6.10 Å². The molecule has 0 aromatic rings. The second kappa shape index (κ2) is 12.3. The van der Waals surface area contributed by atoms with E-state index in [1.54, 1.807) is 0 Å². The quantitative estimate of drug-likeness (QED) is 0.390. The lowest BCUT2D eigenvalue weighted by Crippen LogP contribution is -2.38. The molecule has 0 heterocycles. The van der Waals surface area contributed by atoms with E-state index in [0.717, 1.165) is 32.1 Å². The number of hydrogen-bond donors (Lipinski definition) is 2. The summed E-state index contributed by atoms with van der Waals surface area (Å²) in [4.78, 5) is 4.22. The molecule has 0 atom stereocenters. The summed E-state index contributed by atoms with van der Waals surface area (Å²) in [6.45, 7) is 2.77. The number of aliphatic imine (C=N–C) groups is 1. The standard InChI is InChI=1S/C15H31N3OS/c1-16-15(18-11-7-13-20-2)17-10-6-12-19-14-8-4-3-5-9-14/h14H,3-13H2,1-2H3,(H2,16,17,18). The van der Waals surface area contributed by atoms with Gasteiger partial charge in [-0.3, -0.25) is 4.99 Å². The van der Waals surface area contributed by atoms with E-state index >= 15 is 0 Å². The predicted octanol–water partition coefficient (Wildman–Crippen LogP) is 2.64. The minimum Gasteiger partial charge on any atom is -0.378 e. The number of rotatable bonds is 9. The second-order valence-electron chi connectivity index (χ2n) is 5.26. The molecule has 1 saturated carbocycles. The monoisotopic (exact) mass is 301 g/mol. The van der Waals surface area contributed by atoms with Crippen molar-refractivity contribution in [3.05, 3.63) is 0 Å². The van der Waals surface area contributed by atoms with E-state index in [2.05, 4.69) is 21.9 Å². The summed E-state index contributed by atoms with van der Waals surface area (Å²) in [5.41, 5.74) is 0. The van der Waals surface area contributed by atoms with Gasteiger partial charge >= 0.3 is 0 Å². The summed E-state index contributed by atoms with van der Waals surface area (Å²) in [5.74, 6) is 2.10. The van der Waals surface area contributed by atoms with E-state index < -0.39 is 0 Å². The lowest BCUT2D eigenvalue weighted by Gasteiger charge is -2.22. The smallest absolute Gasteiger partial charge is 0.190 e. The normalized spacial score (nSPS) is 17.2. The Labute approximate surface area is 128 Å². The highest BCUT2D eigenvalue weighted by molar-refractivity contribution is 7.98. The molecule has 0 amide bonds. The molecule has 1 aliphatic carbocycles. The molecule has 5 heteroatoms. The maximum absolute atomic E-state index is 5.91. The van der Waals surface area contributed by atoms with Gasteiger partial charge in [-0.1, -0.05) is 19.3 Å². The van der Waals surface area contributed by atoms with Gasteiger partial charge in [0.2, 0.25) is 0 Å². The van der Waals surface area contributed by atoms with Crippen LogP contribution >= 0.6 is 11.8 Å². The van der Waals surface area contributed by atoms with Gasteiger partial charge in [-0.05, 0) is 37.7 Å². The Morgan fingerprint density at radius 2 is 1.85 bits per heavy atom. The molecule has 0 aromatic carbocycles. The summed E-state index contributed by atoms with van der Waals surface area (Å²) in [6, 6.07) is 0. The van der Waals surface area contributed by atoms with Crippen LogP contribution in [0.5, 0.6) is 0 Å². The van der Waals surface area contributed by atoms with E-state index in [9.17, 15) is 0 Å². The van der Waals surface area contributed by atoms with Crippen LogP contribution in [0.4, 0.5) is 0 Å². The molecule has 0 aliphatic heterocycles. The molecule has 1 rings (SSSR count).